The number of alkyl carbamates (subject to hydrolysis) is 1. The molecular formula is C17H32N4O2. The highest BCUT2D eigenvalue weighted by Crippen LogP contribution is 2.10. The number of nitrogens with zero attached hydrogens (tertiary/aromatic N) is 2. The van der Waals surface area contributed by atoms with Gasteiger partial charge in [-0.3, -0.25) is 4.68 Å². The van der Waals surface area contributed by atoms with E-state index in [9.17, 15) is 4.79 Å². The second-order valence-corrected chi connectivity index (χ2v) is 7.21. The molecular weight excluding hydrogens is 292 g/mol. The van der Waals surface area contributed by atoms with Gasteiger partial charge in [0.1, 0.15) is 5.60 Å². The molecule has 6 nitrogen and oxygen atoms in total. The van der Waals surface area contributed by atoms with Crippen molar-refractivity contribution in [3.63, 3.8) is 0 Å². The van der Waals surface area contributed by atoms with E-state index in [1.807, 2.05) is 37.7 Å². The summed E-state index contributed by atoms with van der Waals surface area (Å²) in [6.45, 7) is 13.3. The predicted molar refractivity (Wildman–Crippen MR) is 92.3 cm³/mol. The molecule has 0 aliphatic rings. The van der Waals surface area contributed by atoms with E-state index in [0.29, 0.717) is 18.4 Å². The molecule has 0 bridgehead atoms. The van der Waals surface area contributed by atoms with E-state index in [4.69, 9.17) is 4.74 Å². The lowest BCUT2D eigenvalue weighted by molar-refractivity contribution is 0.0515. The van der Waals surface area contributed by atoms with Crippen LogP contribution in [0.5, 0.6) is 0 Å². The lowest BCUT2D eigenvalue weighted by atomic mass is 9.96. The van der Waals surface area contributed by atoms with Crippen molar-refractivity contribution in [3.05, 3.63) is 18.5 Å². The summed E-state index contributed by atoms with van der Waals surface area (Å²) >= 11 is 0. The van der Waals surface area contributed by atoms with Crippen LogP contribution in [0.15, 0.2) is 18.5 Å². The maximum absolute atomic E-state index is 11.7. The molecule has 0 aromatic carbocycles. The van der Waals surface area contributed by atoms with E-state index in [-0.39, 0.29) is 6.09 Å². The molecule has 0 spiro atoms. The molecule has 6 heteroatoms. The number of hydrogen-bond donors (Lipinski definition) is 2. The Hall–Kier alpha value is -1.56. The van der Waals surface area contributed by atoms with Gasteiger partial charge >= 0.3 is 6.09 Å². The van der Waals surface area contributed by atoms with Gasteiger partial charge in [0.25, 0.3) is 0 Å². The van der Waals surface area contributed by atoms with Crippen molar-refractivity contribution in [1.29, 1.82) is 0 Å². The number of rotatable bonds is 9. The van der Waals surface area contributed by atoms with Gasteiger partial charge in [-0.1, -0.05) is 13.8 Å². The third-order valence-electron chi connectivity index (χ3n) is 3.56. The van der Waals surface area contributed by atoms with Crippen LogP contribution >= 0.6 is 0 Å². The molecule has 1 aromatic rings. The Labute approximate surface area is 140 Å². The number of hydrogen-bond acceptors (Lipinski definition) is 4. The molecule has 1 amide bonds. The summed E-state index contributed by atoms with van der Waals surface area (Å²) < 4.78 is 7.21. The van der Waals surface area contributed by atoms with Gasteiger partial charge < -0.3 is 15.4 Å². The van der Waals surface area contributed by atoms with Crippen LogP contribution in [0, 0.1) is 11.8 Å². The van der Waals surface area contributed by atoms with Gasteiger partial charge in [-0.2, -0.15) is 5.10 Å². The first kappa shape index (κ1) is 19.5. The lowest BCUT2D eigenvalue weighted by Gasteiger charge is -2.24. The number of ether oxygens (including phenoxy) is 1. The van der Waals surface area contributed by atoms with Crippen LogP contribution in [-0.4, -0.2) is 41.1 Å². The van der Waals surface area contributed by atoms with Crippen LogP contribution in [0.3, 0.4) is 0 Å². The van der Waals surface area contributed by atoms with E-state index in [2.05, 4.69) is 29.6 Å². The molecule has 1 atom stereocenters. The smallest absolute Gasteiger partial charge is 0.407 e. The zero-order valence-corrected chi connectivity index (χ0v) is 15.1. The van der Waals surface area contributed by atoms with Gasteiger partial charge in [0.2, 0.25) is 0 Å². The van der Waals surface area contributed by atoms with Gasteiger partial charge in [-0.25, -0.2) is 4.79 Å². The van der Waals surface area contributed by atoms with Crippen molar-refractivity contribution < 1.29 is 9.53 Å². The summed E-state index contributed by atoms with van der Waals surface area (Å²) in [6.07, 6.45) is 4.46. The number of carbonyl (C=O) groups excluding carboxylic acids is 1. The Morgan fingerprint density at radius 3 is 2.61 bits per heavy atom. The van der Waals surface area contributed by atoms with E-state index in [1.54, 1.807) is 6.20 Å². The first-order chi connectivity index (χ1) is 10.8. The molecule has 1 rings (SSSR count). The van der Waals surface area contributed by atoms with Gasteiger partial charge in [0.15, 0.2) is 0 Å². The van der Waals surface area contributed by atoms with Crippen molar-refractivity contribution in [3.8, 4) is 0 Å². The van der Waals surface area contributed by atoms with E-state index in [0.717, 1.165) is 26.1 Å². The highest BCUT2D eigenvalue weighted by Gasteiger charge is 2.18. The molecule has 0 saturated carbocycles. The van der Waals surface area contributed by atoms with Crippen molar-refractivity contribution in [2.75, 3.05) is 19.6 Å². The molecule has 23 heavy (non-hydrogen) atoms. The standard InChI is InChI=1S/C17H32N4O2/c1-14(2)15(13-19-16(22)23-17(3,4)5)12-18-8-6-10-21-11-7-9-20-21/h7,9,11,14-15,18H,6,8,10,12-13H2,1-5H3,(H,19,22). The summed E-state index contributed by atoms with van der Waals surface area (Å²) in [4.78, 5) is 11.7. The zero-order chi connectivity index (χ0) is 17.3. The van der Waals surface area contributed by atoms with Crippen LogP contribution < -0.4 is 10.6 Å². The molecule has 0 aliphatic heterocycles. The number of aromatic nitrogens is 2. The average molecular weight is 324 g/mol. The third-order valence-corrected chi connectivity index (χ3v) is 3.56. The summed E-state index contributed by atoms with van der Waals surface area (Å²) in [5.41, 5.74) is -0.456. The summed E-state index contributed by atoms with van der Waals surface area (Å²) in [5.74, 6) is 0.871. The minimum absolute atomic E-state index is 0.346. The Bertz CT molecular complexity index is 438. The van der Waals surface area contributed by atoms with Crippen molar-refractivity contribution in [1.82, 2.24) is 20.4 Å². The molecule has 0 aliphatic carbocycles. The number of amides is 1. The summed E-state index contributed by atoms with van der Waals surface area (Å²) in [7, 11) is 0. The van der Waals surface area contributed by atoms with Crippen molar-refractivity contribution in [2.24, 2.45) is 11.8 Å². The fraction of sp³-hybridized carbons (Fsp3) is 0.765. The van der Waals surface area contributed by atoms with Crippen LogP contribution in [0.25, 0.3) is 0 Å². The van der Waals surface area contributed by atoms with E-state index >= 15 is 0 Å². The van der Waals surface area contributed by atoms with Crippen LogP contribution in [-0.2, 0) is 11.3 Å². The second kappa shape index (κ2) is 9.55. The largest absolute Gasteiger partial charge is 0.444 e. The Balaban J connectivity index is 2.20. The molecule has 1 heterocycles. The quantitative estimate of drug-likeness (QED) is 0.685. The number of nitrogens with one attached hydrogen (secondary N) is 2. The lowest BCUT2D eigenvalue weighted by Crippen LogP contribution is -2.39. The Morgan fingerprint density at radius 1 is 1.30 bits per heavy atom. The minimum Gasteiger partial charge on any atom is -0.444 e. The summed E-state index contributed by atoms with van der Waals surface area (Å²) in [6, 6.07) is 1.94. The van der Waals surface area contributed by atoms with E-state index < -0.39 is 5.60 Å². The highest BCUT2D eigenvalue weighted by atomic mass is 16.6. The Kier molecular flexibility index (Phi) is 8.09. The second-order valence-electron chi connectivity index (χ2n) is 7.21. The third kappa shape index (κ3) is 9.23. The maximum atomic E-state index is 11.7. The zero-order valence-electron chi connectivity index (χ0n) is 15.1. The first-order valence-electron chi connectivity index (χ1n) is 8.43. The van der Waals surface area contributed by atoms with Gasteiger partial charge in [0, 0.05) is 25.5 Å². The topological polar surface area (TPSA) is 68.2 Å². The predicted octanol–water partition coefficient (Wildman–Crippen LogP) is 2.66. The highest BCUT2D eigenvalue weighted by molar-refractivity contribution is 5.67. The van der Waals surface area contributed by atoms with Gasteiger partial charge in [-0.15, -0.1) is 0 Å². The summed E-state index contributed by atoms with van der Waals surface area (Å²) in [5, 5.41) is 10.5. The van der Waals surface area contributed by atoms with Crippen LogP contribution in [0.1, 0.15) is 41.0 Å². The Morgan fingerprint density at radius 2 is 2.04 bits per heavy atom. The molecule has 0 radical (unpaired) electrons. The molecule has 2 N–H and O–H groups in total. The van der Waals surface area contributed by atoms with Gasteiger partial charge in [0.05, 0.1) is 0 Å². The molecule has 1 aromatic heterocycles. The van der Waals surface area contributed by atoms with Crippen LogP contribution in [0.2, 0.25) is 0 Å². The molecule has 0 fully saturated rings. The van der Waals surface area contributed by atoms with Gasteiger partial charge in [-0.05, 0) is 58.2 Å². The average Bonchev–Trinajstić information content (AvgIpc) is 2.92. The SMILES string of the molecule is CC(C)C(CNCCCn1cccn1)CNC(=O)OC(C)(C)C. The molecule has 132 valence electrons. The number of carbonyl (C=O) groups is 1. The fourth-order valence-electron chi connectivity index (χ4n) is 2.16. The minimum atomic E-state index is -0.456. The van der Waals surface area contributed by atoms with Crippen LogP contribution in [0.4, 0.5) is 4.79 Å². The maximum Gasteiger partial charge on any atom is 0.407 e. The van der Waals surface area contributed by atoms with Crippen molar-refractivity contribution in [2.45, 2.75) is 53.2 Å². The monoisotopic (exact) mass is 324 g/mol. The normalized spacial score (nSPS) is 13.1. The van der Waals surface area contributed by atoms with Crippen molar-refractivity contribution >= 4 is 6.09 Å². The fourth-order valence-corrected chi connectivity index (χ4v) is 2.16. The van der Waals surface area contributed by atoms with E-state index in [1.165, 1.54) is 0 Å². The molecule has 1 unspecified atom stereocenters. The number of aryl methyl sites for hydroxylation is 1. The molecule has 0 saturated heterocycles. The first-order valence-corrected chi connectivity index (χ1v) is 8.43.